The Morgan fingerprint density at radius 2 is 1.75 bits per heavy atom. The summed E-state index contributed by atoms with van der Waals surface area (Å²) in [6.45, 7) is 10.1. The molecule has 4 N–H and O–H groups in total. The highest BCUT2D eigenvalue weighted by Gasteiger charge is 2.50. The second-order valence-electron chi connectivity index (χ2n) is 21.5. The summed E-state index contributed by atoms with van der Waals surface area (Å²) < 4.78 is 78.8. The molecule has 17 nitrogen and oxygen atoms in total. The third kappa shape index (κ3) is 11.6. The summed E-state index contributed by atoms with van der Waals surface area (Å²) in [5.74, 6) is -0.621. The molecule has 3 saturated heterocycles. The highest BCUT2D eigenvalue weighted by molar-refractivity contribution is 7.90. The number of nitrogens with one attached hydrogen (secondary N) is 4. The molecule has 4 fully saturated rings. The molecule has 1 unspecified atom stereocenters. The third-order valence-electron chi connectivity index (χ3n) is 16.2. The summed E-state index contributed by atoms with van der Waals surface area (Å²) in [4.78, 5) is 39.5. The molecule has 1 spiro atoms. The fourth-order valence-corrected chi connectivity index (χ4v) is 12.9. The van der Waals surface area contributed by atoms with Crippen LogP contribution in [0.2, 0.25) is 0 Å². The van der Waals surface area contributed by atoms with E-state index in [1.807, 2.05) is 16.7 Å². The van der Waals surface area contributed by atoms with Gasteiger partial charge in [-0.25, -0.2) is 26.9 Å². The van der Waals surface area contributed by atoms with E-state index >= 15 is 8.78 Å². The van der Waals surface area contributed by atoms with E-state index in [-0.39, 0.29) is 66.9 Å². The molecule has 2 aromatic heterocycles. The summed E-state index contributed by atoms with van der Waals surface area (Å²) in [5.41, 5.74) is 3.13. The normalized spacial score (nSPS) is 19.1. The lowest BCUT2D eigenvalue weighted by Gasteiger charge is -2.58. The molecule has 5 heterocycles. The van der Waals surface area contributed by atoms with Gasteiger partial charge in [-0.05, 0) is 97.2 Å². The van der Waals surface area contributed by atoms with Gasteiger partial charge < -0.3 is 34.7 Å². The number of halogens is 2. The average Bonchev–Trinajstić information content (AvgIpc) is 3.94. The van der Waals surface area contributed by atoms with Crippen molar-refractivity contribution in [1.29, 1.82) is 0 Å². The predicted molar refractivity (Wildman–Crippen MR) is 291 cm³/mol. The van der Waals surface area contributed by atoms with E-state index in [2.05, 4.69) is 86.7 Å². The molecular weight excluding hydrogens is 1010 g/mol. The summed E-state index contributed by atoms with van der Waals surface area (Å²) in [6, 6.07) is 24.9. The number of sulfonamides is 1. The molecule has 4 aliphatic rings. The monoisotopic (exact) mass is 1080 g/mol. The molecule has 0 radical (unpaired) electrons. The van der Waals surface area contributed by atoms with Crippen LogP contribution < -0.4 is 29.7 Å². The van der Waals surface area contributed by atoms with Gasteiger partial charge in [0.25, 0.3) is 21.6 Å². The highest BCUT2D eigenvalue weighted by atomic mass is 32.2. The lowest BCUT2D eigenvalue weighted by molar-refractivity contribution is -0.384. The van der Waals surface area contributed by atoms with Crippen LogP contribution in [0, 0.1) is 21.3 Å². The molecule has 1 aliphatic carbocycles. The Morgan fingerprint density at radius 3 is 2.49 bits per heavy atom. The number of piperazine rings is 1. The Bertz CT molecular complexity index is 3240. The number of hydrogen-bond acceptors (Lipinski definition) is 14. The van der Waals surface area contributed by atoms with Crippen LogP contribution in [0.1, 0.15) is 96.9 Å². The van der Waals surface area contributed by atoms with Gasteiger partial charge in [-0.3, -0.25) is 24.7 Å². The quantitative estimate of drug-likeness (QED) is 0.0469. The Balaban J connectivity index is 0.849. The molecule has 1 saturated carbocycles. The number of rotatable bonds is 18. The molecule has 4 aromatic carbocycles. The second kappa shape index (κ2) is 22.3. The number of piperidine rings is 1. The predicted octanol–water partition coefficient (Wildman–Crippen LogP) is 9.61. The molecule has 6 aromatic rings. The number of carbonyl (C=O) groups is 1. The van der Waals surface area contributed by atoms with Crippen molar-refractivity contribution in [3.05, 3.63) is 141 Å². The van der Waals surface area contributed by atoms with Crippen LogP contribution in [0.15, 0.2) is 102 Å². The van der Waals surface area contributed by atoms with E-state index in [0.717, 1.165) is 94.0 Å². The van der Waals surface area contributed by atoms with Crippen LogP contribution >= 0.6 is 0 Å². The topological polar surface area (TPSA) is 197 Å². The first kappa shape index (κ1) is 53.7. The van der Waals surface area contributed by atoms with Gasteiger partial charge in [-0.15, -0.1) is 0 Å². The van der Waals surface area contributed by atoms with Crippen LogP contribution in [0.5, 0.6) is 17.2 Å². The van der Waals surface area contributed by atoms with Crippen LogP contribution in [0.3, 0.4) is 0 Å². The van der Waals surface area contributed by atoms with Crippen LogP contribution in [-0.4, -0.2) is 117 Å². The Labute approximate surface area is 447 Å². The fourth-order valence-electron chi connectivity index (χ4n) is 11.9. The van der Waals surface area contributed by atoms with Gasteiger partial charge in [0.2, 0.25) is 0 Å². The number of nitrogens with zero attached hydrogens (tertiary/aromatic N) is 5. The second-order valence-corrected chi connectivity index (χ2v) is 23.2. The van der Waals surface area contributed by atoms with Crippen LogP contribution in [-0.2, 0) is 27.8 Å². The Hall–Kier alpha value is -6.71. The molecule has 1 amide bonds. The maximum absolute atomic E-state index is 16.6. The van der Waals surface area contributed by atoms with Crippen molar-refractivity contribution in [1.82, 2.24) is 29.8 Å². The Kier molecular flexibility index (Phi) is 15.6. The van der Waals surface area contributed by atoms with Crippen molar-refractivity contribution in [3.63, 3.8) is 0 Å². The van der Waals surface area contributed by atoms with Crippen LogP contribution in [0.4, 0.5) is 25.8 Å². The number of methoxy groups -OCH3 is 1. The zero-order valence-electron chi connectivity index (χ0n) is 43.9. The molecule has 3 aliphatic heterocycles. The van der Waals surface area contributed by atoms with Gasteiger partial charge in [0.15, 0.2) is 0 Å². The lowest BCUT2D eigenvalue weighted by atomic mass is 9.59. The summed E-state index contributed by atoms with van der Waals surface area (Å²) in [6.07, 6.45) is 7.05. The Morgan fingerprint density at radius 1 is 0.974 bits per heavy atom. The minimum atomic E-state index is -4.79. The van der Waals surface area contributed by atoms with Crippen molar-refractivity contribution in [2.45, 2.75) is 94.0 Å². The van der Waals surface area contributed by atoms with Gasteiger partial charge >= 0.3 is 0 Å². The SMILES string of the molecule is CNCc1ccc(CN2CCN(C3CC4(CCN(c5cc(Oc6cnc7[nH]ccc7c6)c(C(=O)NS(=O)(=O)c6ccc(NCC7(F)CCOCC7)c([N+](=O)[O-])c6)cc5F)CC4)C3)C(c3ccccc3C(C)C)C2)cc1OC. The van der Waals surface area contributed by atoms with Gasteiger partial charge in [-0.2, -0.15) is 0 Å². The molecule has 0 bridgehead atoms. The van der Waals surface area contributed by atoms with Crippen molar-refractivity contribution in [3.8, 4) is 17.2 Å². The minimum absolute atomic E-state index is 0.0806. The van der Waals surface area contributed by atoms with Crippen molar-refractivity contribution >= 4 is 44.0 Å². The number of H-pyrrole nitrogens is 1. The van der Waals surface area contributed by atoms with Crippen molar-refractivity contribution in [2.75, 3.05) is 76.9 Å². The molecular formula is C57H67F2N9O8S. The molecule has 20 heteroatoms. The van der Waals surface area contributed by atoms with E-state index in [1.54, 1.807) is 25.4 Å². The number of anilines is 2. The minimum Gasteiger partial charge on any atom is -0.496 e. The molecule has 77 heavy (non-hydrogen) atoms. The third-order valence-corrected chi connectivity index (χ3v) is 17.5. The number of fused-ring (bicyclic) bond motifs is 1. The first-order valence-corrected chi connectivity index (χ1v) is 27.9. The standard InChI is InChI=1S/C57H67F2N9O8S/c1-37(2)44-7-5-6-8-45(44)51-35-65(34-38-9-10-40(32-60-3)52(25-38)74-4)21-22-67(51)41-30-56(31-41)14-19-66(20-15-56)49-29-53(76-42-26-39-13-18-61-54(39)62-33-42)46(28-47(49)58)55(69)64-77(72,73)43-11-12-48(50(27-43)68(70)71)63-36-57(59)16-23-75-24-17-57/h5-13,18,25-29,33,37,41,51,60,63H,14-17,19-24,30-32,34-36H2,1-4H3,(H,61,62)(H,64,69). The highest BCUT2D eigenvalue weighted by Crippen LogP contribution is 2.54. The number of carbonyl (C=O) groups excluding carboxylic acids is 1. The van der Waals surface area contributed by atoms with Gasteiger partial charge in [0.05, 0.1) is 34.4 Å². The van der Waals surface area contributed by atoms with E-state index in [1.165, 1.54) is 29.0 Å². The number of hydrogen-bond donors (Lipinski definition) is 4. The summed E-state index contributed by atoms with van der Waals surface area (Å²) in [5, 5.41) is 18.9. The van der Waals surface area contributed by atoms with E-state index in [4.69, 9.17) is 14.2 Å². The summed E-state index contributed by atoms with van der Waals surface area (Å²) in [7, 11) is -1.13. The number of amides is 1. The van der Waals surface area contributed by atoms with Crippen LogP contribution in [0.25, 0.3) is 11.0 Å². The van der Waals surface area contributed by atoms with E-state index in [0.29, 0.717) is 36.1 Å². The number of aromatic amines is 1. The summed E-state index contributed by atoms with van der Waals surface area (Å²) >= 11 is 0. The van der Waals surface area contributed by atoms with Gasteiger partial charge in [0.1, 0.15) is 40.1 Å². The van der Waals surface area contributed by atoms with Crippen molar-refractivity contribution in [2.24, 2.45) is 5.41 Å². The number of alkyl halides is 1. The maximum atomic E-state index is 16.6. The average molecular weight is 1080 g/mol. The maximum Gasteiger partial charge on any atom is 0.293 e. The first-order valence-electron chi connectivity index (χ1n) is 26.5. The number of benzene rings is 4. The van der Waals surface area contributed by atoms with E-state index < -0.39 is 48.5 Å². The molecule has 408 valence electrons. The number of nitro groups is 1. The van der Waals surface area contributed by atoms with Crippen molar-refractivity contribution < 1.29 is 41.1 Å². The number of ether oxygens (including phenoxy) is 3. The number of nitro benzene ring substituents is 1. The fraction of sp³-hybridized carbons (Fsp3) is 0.439. The number of aromatic nitrogens is 2. The lowest BCUT2D eigenvalue weighted by Crippen LogP contribution is -2.60. The first-order chi connectivity index (χ1) is 37.0. The molecule has 1 atom stereocenters. The van der Waals surface area contributed by atoms with Gasteiger partial charge in [0, 0.05) is 120 Å². The van der Waals surface area contributed by atoms with E-state index in [9.17, 15) is 23.3 Å². The zero-order valence-corrected chi connectivity index (χ0v) is 44.8. The van der Waals surface area contributed by atoms with Gasteiger partial charge in [-0.1, -0.05) is 50.2 Å². The molecule has 10 rings (SSSR count). The smallest absolute Gasteiger partial charge is 0.293 e. The number of pyridine rings is 1. The largest absolute Gasteiger partial charge is 0.496 e. The zero-order chi connectivity index (χ0) is 54.1.